The van der Waals surface area contributed by atoms with E-state index < -0.39 is 0 Å². The standard InChI is InChI=1S/C118H152N2O7/c1-10-13-16-19-22-25-28-31-34-45-82-123-116-96(86-126-100-76-68-94(69-77-100)114-106-58-41-37-54-102(106)112(103-55-38-42-59-107(103)114)92-64-72-98(73-65-92)119-110(121)80-62-90(8)52-48-50-88(4)5)85-97(117(124-83-46-35-32-29-26-23-20-17-14-11-2)118(116)125-84-47-36-33-30-27-24-21-18-15-12-3)87-127-101-78-70-95(71-79-101)115-108-60-43-39-56-104(108)113(105-57-40-44-61-109(105)115)93-66-74-99(75-67-93)120-111(122)81-63-91(9)53-49-51-89(6)7/h37-44,50-51,54-61,64-79,85,90-91H,10-36,45-49,52-53,62-63,80-84,86-87H2,1-9H3,(H,119,121)(H,120,122)/t90-,91-/m0/s1. The fourth-order valence-corrected chi connectivity index (χ4v) is 18.2. The van der Waals surface area contributed by atoms with Crippen molar-refractivity contribution < 1.29 is 33.3 Å². The monoisotopic (exact) mass is 1710 g/mol. The number of unbranched alkanes of at least 4 members (excludes halogenated alkanes) is 27. The third-order valence-corrected chi connectivity index (χ3v) is 25.6. The molecule has 676 valence electrons. The van der Waals surface area contributed by atoms with Crippen LogP contribution in [0.1, 0.15) is 317 Å². The predicted molar refractivity (Wildman–Crippen MR) is 543 cm³/mol. The van der Waals surface area contributed by atoms with Crippen LogP contribution in [0.25, 0.3) is 87.6 Å². The third-order valence-electron chi connectivity index (χ3n) is 25.6. The largest absolute Gasteiger partial charge is 0.489 e. The van der Waals surface area contributed by atoms with Gasteiger partial charge in [0.25, 0.3) is 0 Å². The molecule has 0 unspecified atom stereocenters. The summed E-state index contributed by atoms with van der Waals surface area (Å²) in [5, 5.41) is 15.7. The Morgan fingerprint density at radius 1 is 0.291 bits per heavy atom. The first-order valence-corrected chi connectivity index (χ1v) is 49.8. The minimum atomic E-state index is 0.0546. The molecule has 0 heterocycles. The number of fused-ring (bicyclic) bond motifs is 4. The number of amides is 2. The Morgan fingerprint density at radius 2 is 0.535 bits per heavy atom. The van der Waals surface area contributed by atoms with Crippen LogP contribution in [0.2, 0.25) is 0 Å². The molecule has 0 bridgehead atoms. The zero-order valence-electron chi connectivity index (χ0n) is 79.1. The summed E-state index contributed by atoms with van der Waals surface area (Å²) in [6.45, 7) is 22.0. The number of benzene rings is 11. The van der Waals surface area contributed by atoms with E-state index in [0.29, 0.717) is 61.7 Å². The number of ether oxygens (including phenoxy) is 5. The Morgan fingerprint density at radius 3 is 0.795 bits per heavy atom. The van der Waals surface area contributed by atoms with Crippen molar-refractivity contribution in [2.24, 2.45) is 11.8 Å². The second-order valence-electron chi connectivity index (χ2n) is 36.8. The van der Waals surface area contributed by atoms with Crippen LogP contribution in [0.4, 0.5) is 11.4 Å². The Labute approximate surface area is 764 Å². The van der Waals surface area contributed by atoms with Gasteiger partial charge in [-0.15, -0.1) is 0 Å². The summed E-state index contributed by atoms with van der Waals surface area (Å²) in [6, 6.07) is 71.5. The number of anilines is 2. The quantitative estimate of drug-likeness (QED) is 0.0222. The highest BCUT2D eigenvalue weighted by Gasteiger charge is 2.26. The summed E-state index contributed by atoms with van der Waals surface area (Å²) in [5.41, 5.74) is 15.1. The molecule has 9 nitrogen and oxygen atoms in total. The predicted octanol–water partition coefficient (Wildman–Crippen LogP) is 35.2. The van der Waals surface area contributed by atoms with Crippen LogP contribution in [-0.4, -0.2) is 31.6 Å². The topological polar surface area (TPSA) is 104 Å². The van der Waals surface area contributed by atoms with Gasteiger partial charge in [0, 0.05) is 35.3 Å². The molecule has 11 aromatic rings. The number of hydrogen-bond acceptors (Lipinski definition) is 7. The average molecular weight is 1710 g/mol. The summed E-state index contributed by atoms with van der Waals surface area (Å²) >= 11 is 0. The van der Waals surface area contributed by atoms with E-state index in [1.54, 1.807) is 0 Å². The average Bonchev–Trinajstić information content (AvgIpc) is 0.740. The Bertz CT molecular complexity index is 4760. The van der Waals surface area contributed by atoms with Crippen molar-refractivity contribution >= 4 is 66.3 Å². The molecule has 0 aliphatic heterocycles. The summed E-state index contributed by atoms with van der Waals surface area (Å²) < 4.78 is 35.9. The summed E-state index contributed by atoms with van der Waals surface area (Å²) in [7, 11) is 0. The normalized spacial score (nSPS) is 11.9. The van der Waals surface area contributed by atoms with E-state index in [1.165, 1.54) is 187 Å². The molecule has 0 radical (unpaired) electrons. The number of carbonyl (C=O) groups excluding carboxylic acids is 2. The highest BCUT2D eigenvalue weighted by molar-refractivity contribution is 6.23. The second-order valence-corrected chi connectivity index (χ2v) is 36.8. The van der Waals surface area contributed by atoms with Gasteiger partial charge in [0.1, 0.15) is 24.7 Å². The van der Waals surface area contributed by atoms with E-state index in [0.717, 1.165) is 176 Å². The fourth-order valence-electron chi connectivity index (χ4n) is 18.2. The molecule has 0 aliphatic rings. The lowest BCUT2D eigenvalue weighted by molar-refractivity contribution is -0.117. The van der Waals surface area contributed by atoms with E-state index in [2.05, 4.69) is 261 Å². The second kappa shape index (κ2) is 54.3. The number of rotatable bonds is 60. The van der Waals surface area contributed by atoms with Gasteiger partial charge in [-0.25, -0.2) is 0 Å². The lowest BCUT2D eigenvalue weighted by Gasteiger charge is -2.23. The van der Waals surface area contributed by atoms with Crippen LogP contribution in [0.15, 0.2) is 223 Å². The van der Waals surface area contributed by atoms with E-state index >= 15 is 0 Å². The summed E-state index contributed by atoms with van der Waals surface area (Å²) in [4.78, 5) is 26.6. The maximum atomic E-state index is 13.3. The van der Waals surface area contributed by atoms with E-state index in [1.807, 2.05) is 24.3 Å². The van der Waals surface area contributed by atoms with Crippen LogP contribution in [0.5, 0.6) is 28.7 Å². The highest BCUT2D eigenvalue weighted by atomic mass is 16.5. The number of allylic oxidation sites excluding steroid dienone is 4. The highest BCUT2D eigenvalue weighted by Crippen LogP contribution is 2.49. The third kappa shape index (κ3) is 30.8. The Kier molecular flexibility index (Phi) is 41.7. The van der Waals surface area contributed by atoms with E-state index in [-0.39, 0.29) is 25.0 Å². The first-order chi connectivity index (χ1) is 62.3. The molecule has 2 amide bonds. The molecule has 11 rings (SSSR count). The molecule has 127 heavy (non-hydrogen) atoms. The Balaban J connectivity index is 0.896. The summed E-state index contributed by atoms with van der Waals surface area (Å²) in [5.74, 6) is 4.61. The zero-order valence-corrected chi connectivity index (χ0v) is 79.1. The fraction of sp³-hybridized carbons (Fsp3) is 0.458. The van der Waals surface area contributed by atoms with Gasteiger partial charge < -0.3 is 34.3 Å². The first-order valence-electron chi connectivity index (χ1n) is 49.8. The van der Waals surface area contributed by atoms with Gasteiger partial charge in [-0.2, -0.15) is 0 Å². The van der Waals surface area contributed by atoms with Crippen LogP contribution in [0.3, 0.4) is 0 Å². The molecule has 0 fully saturated rings. The lowest BCUT2D eigenvalue weighted by atomic mass is 9.86. The van der Waals surface area contributed by atoms with Gasteiger partial charge in [0.15, 0.2) is 11.5 Å². The van der Waals surface area contributed by atoms with Gasteiger partial charge in [-0.3, -0.25) is 9.59 Å². The summed E-state index contributed by atoms with van der Waals surface area (Å²) in [6.07, 6.45) is 48.6. The van der Waals surface area contributed by atoms with Crippen molar-refractivity contribution in [3.8, 4) is 73.3 Å². The molecule has 2 N–H and O–H groups in total. The van der Waals surface area contributed by atoms with Crippen molar-refractivity contribution in [1.82, 2.24) is 0 Å². The van der Waals surface area contributed by atoms with Gasteiger partial charge in [0.2, 0.25) is 17.6 Å². The molecular weight excluding hydrogens is 1560 g/mol. The number of nitrogens with one attached hydrogen (secondary N) is 2. The maximum absolute atomic E-state index is 13.3. The van der Waals surface area contributed by atoms with Crippen LogP contribution in [-0.2, 0) is 22.8 Å². The molecule has 0 spiro atoms. The smallest absolute Gasteiger partial charge is 0.224 e. The van der Waals surface area contributed by atoms with Crippen LogP contribution in [0, 0.1) is 11.8 Å². The minimum absolute atomic E-state index is 0.0546. The molecule has 0 aromatic heterocycles. The van der Waals surface area contributed by atoms with Crippen molar-refractivity contribution in [3.63, 3.8) is 0 Å². The van der Waals surface area contributed by atoms with E-state index in [4.69, 9.17) is 23.7 Å². The van der Waals surface area contributed by atoms with Crippen LogP contribution < -0.4 is 34.3 Å². The van der Waals surface area contributed by atoms with E-state index in [9.17, 15) is 9.59 Å². The molecular formula is C118H152N2O7. The molecule has 11 aromatic carbocycles. The van der Waals surface area contributed by atoms with Crippen molar-refractivity contribution in [1.29, 1.82) is 0 Å². The van der Waals surface area contributed by atoms with Gasteiger partial charge >= 0.3 is 0 Å². The first kappa shape index (κ1) is 97.5. The maximum Gasteiger partial charge on any atom is 0.224 e. The Hall–Kier alpha value is -10.1. The molecule has 0 aliphatic carbocycles. The van der Waals surface area contributed by atoms with Crippen LogP contribution >= 0.6 is 0 Å². The van der Waals surface area contributed by atoms with Crippen molar-refractivity contribution in [2.75, 3.05) is 30.5 Å². The number of hydrogen-bond donors (Lipinski definition) is 2. The number of carbonyl (C=O) groups is 2. The van der Waals surface area contributed by atoms with Crippen molar-refractivity contribution in [3.05, 3.63) is 235 Å². The lowest BCUT2D eigenvalue weighted by Crippen LogP contribution is -2.12. The van der Waals surface area contributed by atoms with Crippen molar-refractivity contribution in [2.45, 2.75) is 320 Å². The zero-order chi connectivity index (χ0) is 89.0. The molecule has 0 saturated heterocycles. The van der Waals surface area contributed by atoms with Gasteiger partial charge in [-0.05, 0) is 240 Å². The SMILES string of the molecule is CCCCCCCCCCCCOc1c(COc2ccc(-c3c4ccccc4c(-c4ccc(NC(=O)CC[C@@H](C)CCC=C(C)C)cc4)c4ccccc34)cc2)cc(COc2ccc(-c3c4ccccc4c(-c4ccc(NC(=O)CC[C@@H](C)CCC=C(C)C)cc4)c4ccccc34)cc2)c(OCCCCCCCCCCCC)c1OCCCCCCCCCCCC. The minimum Gasteiger partial charge on any atom is -0.489 e. The van der Waals surface area contributed by atoms with Gasteiger partial charge in [0.05, 0.1) is 19.8 Å². The molecule has 0 saturated carbocycles. The molecule has 2 atom stereocenters. The van der Waals surface area contributed by atoms with Gasteiger partial charge in [-0.1, -0.05) is 377 Å². The molecule has 9 heteroatoms.